The molecule has 0 saturated carbocycles. The normalized spacial score (nSPS) is 12.8. The van der Waals surface area contributed by atoms with E-state index in [4.69, 9.17) is 0 Å². The number of nitrogens with one attached hydrogen (secondary N) is 1. The number of aryl methyl sites for hydroxylation is 1. The Morgan fingerprint density at radius 2 is 2.16 bits per heavy atom. The van der Waals surface area contributed by atoms with Crippen molar-refractivity contribution in [2.75, 3.05) is 6.54 Å². The molecule has 0 saturated heterocycles. The van der Waals surface area contributed by atoms with Gasteiger partial charge in [-0.1, -0.05) is 20.3 Å². The summed E-state index contributed by atoms with van der Waals surface area (Å²) in [5, 5.41) is 7.89. The van der Waals surface area contributed by atoms with Gasteiger partial charge in [0.05, 0.1) is 6.20 Å². The molecule has 0 bridgehead atoms. The molecule has 3 nitrogen and oxygen atoms in total. The molecule has 0 fully saturated rings. The van der Waals surface area contributed by atoms with Gasteiger partial charge in [-0.25, -0.2) is 0 Å². The topological polar surface area (TPSA) is 29.9 Å². The fraction of sp³-hybridized carbons (Fsp3) is 0.533. The van der Waals surface area contributed by atoms with Crippen LogP contribution in [0.2, 0.25) is 0 Å². The molecule has 0 amide bonds. The summed E-state index contributed by atoms with van der Waals surface area (Å²) in [5.41, 5.74) is 1.21. The van der Waals surface area contributed by atoms with Crippen molar-refractivity contribution in [1.82, 2.24) is 15.1 Å². The molecule has 104 valence electrons. The van der Waals surface area contributed by atoms with Crippen LogP contribution in [0.4, 0.5) is 0 Å². The SMILES string of the molecule is CCCNC(CCC)c1ccc(-c2cnn(C)c2)s1. The third-order valence-electron chi connectivity index (χ3n) is 3.18. The van der Waals surface area contributed by atoms with Crippen LogP contribution in [0.5, 0.6) is 0 Å². The van der Waals surface area contributed by atoms with E-state index in [1.807, 2.05) is 29.3 Å². The summed E-state index contributed by atoms with van der Waals surface area (Å²) in [7, 11) is 1.96. The van der Waals surface area contributed by atoms with Gasteiger partial charge in [-0.05, 0) is 31.5 Å². The highest BCUT2D eigenvalue weighted by Gasteiger charge is 2.13. The number of aromatic nitrogens is 2. The van der Waals surface area contributed by atoms with Crippen molar-refractivity contribution in [1.29, 1.82) is 0 Å². The lowest BCUT2D eigenvalue weighted by Crippen LogP contribution is -2.21. The van der Waals surface area contributed by atoms with E-state index in [1.54, 1.807) is 0 Å². The molecule has 19 heavy (non-hydrogen) atoms. The zero-order chi connectivity index (χ0) is 13.7. The van der Waals surface area contributed by atoms with E-state index < -0.39 is 0 Å². The van der Waals surface area contributed by atoms with Gasteiger partial charge in [0, 0.05) is 34.6 Å². The van der Waals surface area contributed by atoms with Gasteiger partial charge in [0.2, 0.25) is 0 Å². The van der Waals surface area contributed by atoms with Crippen molar-refractivity contribution >= 4 is 11.3 Å². The maximum absolute atomic E-state index is 4.24. The average molecular weight is 277 g/mol. The first kappa shape index (κ1) is 14.3. The van der Waals surface area contributed by atoms with E-state index in [1.165, 1.54) is 34.6 Å². The molecular weight excluding hydrogens is 254 g/mol. The summed E-state index contributed by atoms with van der Waals surface area (Å²) >= 11 is 1.88. The van der Waals surface area contributed by atoms with Gasteiger partial charge in [-0.2, -0.15) is 5.10 Å². The highest BCUT2D eigenvalue weighted by Crippen LogP contribution is 2.32. The van der Waals surface area contributed by atoms with Gasteiger partial charge in [0.1, 0.15) is 0 Å². The Balaban J connectivity index is 2.13. The Hall–Kier alpha value is -1.13. The first-order chi connectivity index (χ1) is 9.24. The highest BCUT2D eigenvalue weighted by molar-refractivity contribution is 7.15. The predicted octanol–water partition coefficient (Wildman–Crippen LogP) is 3.99. The summed E-state index contributed by atoms with van der Waals surface area (Å²) < 4.78 is 1.85. The Morgan fingerprint density at radius 3 is 2.79 bits per heavy atom. The molecule has 1 atom stereocenters. The first-order valence-electron chi connectivity index (χ1n) is 7.06. The second-order valence-corrected chi connectivity index (χ2v) is 6.02. The van der Waals surface area contributed by atoms with E-state index in [0.717, 1.165) is 6.54 Å². The van der Waals surface area contributed by atoms with Crippen molar-refractivity contribution in [3.8, 4) is 10.4 Å². The standard InChI is InChI=1S/C15H23N3S/c1-4-6-13(16-9-5-2)15-8-7-14(19-15)12-10-17-18(3)11-12/h7-8,10-11,13,16H,4-6,9H2,1-3H3. The molecule has 2 heterocycles. The molecule has 0 aliphatic rings. The van der Waals surface area contributed by atoms with Gasteiger partial charge in [-0.15, -0.1) is 11.3 Å². The van der Waals surface area contributed by atoms with Crippen molar-refractivity contribution < 1.29 is 0 Å². The predicted molar refractivity (Wildman–Crippen MR) is 82.5 cm³/mol. The van der Waals surface area contributed by atoms with Gasteiger partial charge >= 0.3 is 0 Å². The van der Waals surface area contributed by atoms with E-state index >= 15 is 0 Å². The zero-order valence-corrected chi connectivity index (χ0v) is 12.8. The number of thiophene rings is 1. The molecule has 4 heteroatoms. The monoisotopic (exact) mass is 277 g/mol. The number of hydrogen-bond acceptors (Lipinski definition) is 3. The maximum atomic E-state index is 4.24. The second-order valence-electron chi connectivity index (χ2n) is 4.90. The van der Waals surface area contributed by atoms with Gasteiger partial charge < -0.3 is 5.32 Å². The van der Waals surface area contributed by atoms with Crippen LogP contribution in [0, 0.1) is 0 Å². The van der Waals surface area contributed by atoms with Crippen LogP contribution in [-0.2, 0) is 7.05 Å². The number of hydrogen-bond donors (Lipinski definition) is 1. The molecule has 0 spiro atoms. The third-order valence-corrected chi connectivity index (χ3v) is 4.43. The molecule has 0 radical (unpaired) electrons. The first-order valence-corrected chi connectivity index (χ1v) is 7.88. The van der Waals surface area contributed by atoms with Gasteiger partial charge in [0.25, 0.3) is 0 Å². The number of nitrogens with zero attached hydrogens (tertiary/aromatic N) is 2. The van der Waals surface area contributed by atoms with Crippen LogP contribution in [0.15, 0.2) is 24.5 Å². The summed E-state index contributed by atoms with van der Waals surface area (Å²) in [6.45, 7) is 5.55. The molecule has 1 N–H and O–H groups in total. The van der Waals surface area contributed by atoms with Crippen molar-refractivity contribution in [3.63, 3.8) is 0 Å². The summed E-state index contributed by atoms with van der Waals surface area (Å²) in [4.78, 5) is 2.75. The Bertz CT molecular complexity index is 501. The molecule has 2 aromatic rings. The van der Waals surface area contributed by atoms with Crippen LogP contribution >= 0.6 is 11.3 Å². The molecule has 2 aromatic heterocycles. The average Bonchev–Trinajstić information content (AvgIpc) is 3.03. The molecule has 1 unspecified atom stereocenters. The highest BCUT2D eigenvalue weighted by atomic mass is 32.1. The van der Waals surface area contributed by atoms with Crippen LogP contribution in [0.3, 0.4) is 0 Å². The fourth-order valence-electron chi connectivity index (χ4n) is 2.20. The van der Waals surface area contributed by atoms with E-state index in [-0.39, 0.29) is 0 Å². The summed E-state index contributed by atoms with van der Waals surface area (Å²) in [6.07, 6.45) is 7.60. The van der Waals surface area contributed by atoms with Gasteiger partial charge in [-0.3, -0.25) is 4.68 Å². The quantitative estimate of drug-likeness (QED) is 0.829. The Morgan fingerprint density at radius 1 is 1.32 bits per heavy atom. The third kappa shape index (κ3) is 3.67. The summed E-state index contributed by atoms with van der Waals surface area (Å²) in [5.74, 6) is 0. The Labute approximate surface area is 119 Å². The van der Waals surface area contributed by atoms with Crippen molar-refractivity contribution in [2.45, 2.75) is 39.2 Å². The zero-order valence-electron chi connectivity index (χ0n) is 12.0. The van der Waals surface area contributed by atoms with Gasteiger partial charge in [0.15, 0.2) is 0 Å². The van der Waals surface area contributed by atoms with Crippen molar-refractivity contribution in [3.05, 3.63) is 29.4 Å². The smallest absolute Gasteiger partial charge is 0.0576 e. The minimum Gasteiger partial charge on any atom is -0.309 e. The summed E-state index contributed by atoms with van der Waals surface area (Å²) in [6, 6.07) is 4.98. The molecule has 0 aliphatic heterocycles. The van der Waals surface area contributed by atoms with Crippen LogP contribution in [0.25, 0.3) is 10.4 Å². The lowest BCUT2D eigenvalue weighted by atomic mass is 10.1. The van der Waals surface area contributed by atoms with E-state index in [0.29, 0.717) is 6.04 Å². The fourth-order valence-corrected chi connectivity index (χ4v) is 3.29. The largest absolute Gasteiger partial charge is 0.309 e. The van der Waals surface area contributed by atoms with E-state index in [2.05, 4.69) is 42.6 Å². The minimum atomic E-state index is 0.500. The molecular formula is C15H23N3S. The Kier molecular flexibility index (Phi) is 5.16. The molecule has 2 rings (SSSR count). The minimum absolute atomic E-state index is 0.500. The lowest BCUT2D eigenvalue weighted by molar-refractivity contribution is 0.501. The van der Waals surface area contributed by atoms with Crippen LogP contribution < -0.4 is 5.32 Å². The van der Waals surface area contributed by atoms with Crippen molar-refractivity contribution in [2.24, 2.45) is 7.05 Å². The number of rotatable bonds is 7. The van der Waals surface area contributed by atoms with Crippen LogP contribution in [-0.4, -0.2) is 16.3 Å². The lowest BCUT2D eigenvalue weighted by Gasteiger charge is -2.15. The molecule has 0 aromatic carbocycles. The second kappa shape index (κ2) is 6.87. The molecule has 0 aliphatic carbocycles. The van der Waals surface area contributed by atoms with Crippen LogP contribution in [0.1, 0.15) is 44.0 Å². The van der Waals surface area contributed by atoms with E-state index in [9.17, 15) is 0 Å². The maximum Gasteiger partial charge on any atom is 0.0576 e.